The number of piperazine rings is 1. The standard InChI is InChI=1S/C18H26N4O3/c19-17(23)18(8-4-1-5-9-18)21-12-10-20(11-13-21)14-15-6-2-3-7-16(15)22(24)25/h2-3,6-7H,1,4-5,8-14H2,(H2,19,23). The van der Waals surface area contributed by atoms with Gasteiger partial charge in [0, 0.05) is 44.4 Å². The Labute approximate surface area is 147 Å². The maximum absolute atomic E-state index is 12.2. The molecule has 2 N–H and O–H groups in total. The zero-order valence-electron chi connectivity index (χ0n) is 14.5. The Balaban J connectivity index is 1.64. The van der Waals surface area contributed by atoms with Crippen molar-refractivity contribution in [3.05, 3.63) is 39.9 Å². The molecule has 1 aromatic rings. The highest BCUT2D eigenvalue weighted by Gasteiger charge is 2.44. The van der Waals surface area contributed by atoms with E-state index in [1.54, 1.807) is 12.1 Å². The van der Waals surface area contributed by atoms with Gasteiger partial charge in [0.15, 0.2) is 0 Å². The molecule has 0 bridgehead atoms. The molecule has 1 amide bonds. The molecule has 0 unspecified atom stereocenters. The molecule has 1 aliphatic heterocycles. The van der Waals surface area contributed by atoms with Crippen LogP contribution in [0.25, 0.3) is 0 Å². The van der Waals surface area contributed by atoms with Gasteiger partial charge in [-0.15, -0.1) is 0 Å². The first-order valence-electron chi connectivity index (χ1n) is 9.02. The second-order valence-electron chi connectivity index (χ2n) is 7.11. The van der Waals surface area contributed by atoms with E-state index in [1.807, 2.05) is 12.1 Å². The largest absolute Gasteiger partial charge is 0.368 e. The third kappa shape index (κ3) is 3.67. The Morgan fingerprint density at radius 1 is 1.12 bits per heavy atom. The molecule has 3 rings (SSSR count). The number of carbonyl (C=O) groups excluding carboxylic acids is 1. The molecule has 0 radical (unpaired) electrons. The van der Waals surface area contributed by atoms with Crippen molar-refractivity contribution in [1.29, 1.82) is 0 Å². The molecule has 25 heavy (non-hydrogen) atoms. The fraction of sp³-hybridized carbons (Fsp3) is 0.611. The number of nitrogens with two attached hydrogens (primary N) is 1. The average molecular weight is 346 g/mol. The molecule has 2 aliphatic rings. The lowest BCUT2D eigenvalue weighted by Gasteiger charge is -2.47. The highest BCUT2D eigenvalue weighted by atomic mass is 16.6. The van der Waals surface area contributed by atoms with Crippen molar-refractivity contribution in [2.45, 2.75) is 44.2 Å². The fourth-order valence-corrected chi connectivity index (χ4v) is 4.25. The normalized spacial score (nSPS) is 21.8. The van der Waals surface area contributed by atoms with Crippen LogP contribution in [0, 0.1) is 10.1 Å². The summed E-state index contributed by atoms with van der Waals surface area (Å²) >= 11 is 0. The van der Waals surface area contributed by atoms with Crippen LogP contribution in [-0.4, -0.2) is 52.3 Å². The number of hydrogen-bond acceptors (Lipinski definition) is 5. The zero-order valence-corrected chi connectivity index (χ0v) is 14.5. The minimum atomic E-state index is -0.483. The Morgan fingerprint density at radius 2 is 1.76 bits per heavy atom. The summed E-state index contributed by atoms with van der Waals surface area (Å²) in [5.41, 5.74) is 6.20. The Bertz CT molecular complexity index is 635. The summed E-state index contributed by atoms with van der Waals surface area (Å²) in [7, 11) is 0. The summed E-state index contributed by atoms with van der Waals surface area (Å²) in [6.45, 7) is 3.71. The summed E-state index contributed by atoms with van der Waals surface area (Å²) in [5, 5.41) is 11.2. The molecule has 7 nitrogen and oxygen atoms in total. The summed E-state index contributed by atoms with van der Waals surface area (Å²) in [4.78, 5) is 27.5. The van der Waals surface area contributed by atoms with Gasteiger partial charge in [-0.25, -0.2) is 0 Å². The van der Waals surface area contributed by atoms with Crippen LogP contribution in [-0.2, 0) is 11.3 Å². The third-order valence-electron chi connectivity index (χ3n) is 5.70. The van der Waals surface area contributed by atoms with Crippen LogP contribution in [0.4, 0.5) is 5.69 Å². The van der Waals surface area contributed by atoms with E-state index in [0.29, 0.717) is 6.54 Å². The SMILES string of the molecule is NC(=O)C1(N2CCN(Cc3ccccc3[N+](=O)[O-])CC2)CCCCC1. The van der Waals surface area contributed by atoms with E-state index in [0.717, 1.165) is 57.4 Å². The van der Waals surface area contributed by atoms with Crippen LogP contribution >= 0.6 is 0 Å². The highest BCUT2D eigenvalue weighted by Crippen LogP contribution is 2.34. The minimum absolute atomic E-state index is 0.172. The van der Waals surface area contributed by atoms with Gasteiger partial charge in [-0.2, -0.15) is 0 Å². The Morgan fingerprint density at radius 3 is 2.36 bits per heavy atom. The number of rotatable bonds is 5. The molecule has 1 saturated heterocycles. The van der Waals surface area contributed by atoms with Crippen molar-refractivity contribution in [3.63, 3.8) is 0 Å². The number of amides is 1. The van der Waals surface area contributed by atoms with Gasteiger partial charge in [-0.1, -0.05) is 37.5 Å². The van der Waals surface area contributed by atoms with Crippen molar-refractivity contribution in [2.24, 2.45) is 5.73 Å². The minimum Gasteiger partial charge on any atom is -0.368 e. The van der Waals surface area contributed by atoms with E-state index in [1.165, 1.54) is 6.42 Å². The maximum atomic E-state index is 12.2. The number of nitrogens with zero attached hydrogens (tertiary/aromatic N) is 3. The highest BCUT2D eigenvalue weighted by molar-refractivity contribution is 5.84. The van der Waals surface area contributed by atoms with E-state index in [9.17, 15) is 14.9 Å². The van der Waals surface area contributed by atoms with E-state index in [4.69, 9.17) is 5.73 Å². The molecule has 0 spiro atoms. The molecule has 1 heterocycles. The number of hydrogen-bond donors (Lipinski definition) is 1. The lowest BCUT2D eigenvalue weighted by Crippen LogP contribution is -2.63. The van der Waals surface area contributed by atoms with Crippen molar-refractivity contribution in [3.8, 4) is 0 Å². The zero-order chi connectivity index (χ0) is 17.9. The predicted molar refractivity (Wildman–Crippen MR) is 95.0 cm³/mol. The fourth-order valence-electron chi connectivity index (χ4n) is 4.25. The topological polar surface area (TPSA) is 92.7 Å². The maximum Gasteiger partial charge on any atom is 0.273 e. The van der Waals surface area contributed by atoms with Gasteiger partial charge >= 0.3 is 0 Å². The number of benzene rings is 1. The number of nitro benzene ring substituents is 1. The second kappa shape index (κ2) is 7.49. The van der Waals surface area contributed by atoms with Gasteiger partial charge in [-0.05, 0) is 12.8 Å². The van der Waals surface area contributed by atoms with Gasteiger partial charge in [0.05, 0.1) is 4.92 Å². The van der Waals surface area contributed by atoms with E-state index < -0.39 is 5.54 Å². The summed E-state index contributed by atoms with van der Waals surface area (Å²) in [6, 6.07) is 6.90. The molecule has 1 aliphatic carbocycles. The Hall–Kier alpha value is -1.99. The van der Waals surface area contributed by atoms with E-state index in [2.05, 4.69) is 9.80 Å². The number of primary amides is 1. The van der Waals surface area contributed by atoms with Crippen molar-refractivity contribution in [1.82, 2.24) is 9.80 Å². The van der Waals surface area contributed by atoms with Crippen LogP contribution in [0.15, 0.2) is 24.3 Å². The van der Waals surface area contributed by atoms with Gasteiger partial charge in [0.2, 0.25) is 5.91 Å². The van der Waals surface area contributed by atoms with Gasteiger partial charge in [-0.3, -0.25) is 24.7 Å². The van der Waals surface area contributed by atoms with E-state index in [-0.39, 0.29) is 16.5 Å². The van der Waals surface area contributed by atoms with Crippen LogP contribution in [0.2, 0.25) is 0 Å². The van der Waals surface area contributed by atoms with Crippen molar-refractivity contribution < 1.29 is 9.72 Å². The van der Waals surface area contributed by atoms with Crippen LogP contribution in [0.3, 0.4) is 0 Å². The molecule has 7 heteroatoms. The first-order chi connectivity index (χ1) is 12.0. The molecule has 1 saturated carbocycles. The average Bonchev–Trinajstić information content (AvgIpc) is 2.63. The lowest BCUT2D eigenvalue weighted by molar-refractivity contribution is -0.385. The van der Waals surface area contributed by atoms with Gasteiger partial charge < -0.3 is 5.73 Å². The number of para-hydroxylation sites is 1. The monoisotopic (exact) mass is 346 g/mol. The van der Waals surface area contributed by atoms with Crippen LogP contribution < -0.4 is 5.73 Å². The van der Waals surface area contributed by atoms with Crippen molar-refractivity contribution >= 4 is 11.6 Å². The first-order valence-corrected chi connectivity index (χ1v) is 9.02. The molecule has 1 aromatic carbocycles. The van der Waals surface area contributed by atoms with Crippen LogP contribution in [0.5, 0.6) is 0 Å². The molecular formula is C18H26N4O3. The quantitative estimate of drug-likeness (QED) is 0.649. The van der Waals surface area contributed by atoms with Crippen molar-refractivity contribution in [2.75, 3.05) is 26.2 Å². The summed E-state index contributed by atoms with van der Waals surface area (Å²) in [5.74, 6) is -0.195. The number of nitro groups is 1. The second-order valence-corrected chi connectivity index (χ2v) is 7.11. The summed E-state index contributed by atoms with van der Waals surface area (Å²) < 4.78 is 0. The Kier molecular flexibility index (Phi) is 5.34. The van der Waals surface area contributed by atoms with Crippen LogP contribution in [0.1, 0.15) is 37.7 Å². The van der Waals surface area contributed by atoms with E-state index >= 15 is 0 Å². The predicted octanol–water partition coefficient (Wildman–Crippen LogP) is 1.90. The smallest absolute Gasteiger partial charge is 0.273 e. The third-order valence-corrected chi connectivity index (χ3v) is 5.70. The lowest BCUT2D eigenvalue weighted by atomic mass is 9.79. The molecule has 136 valence electrons. The number of carbonyl (C=O) groups is 1. The van der Waals surface area contributed by atoms with Gasteiger partial charge in [0.1, 0.15) is 5.54 Å². The summed E-state index contributed by atoms with van der Waals surface area (Å²) in [6.07, 6.45) is 4.99. The molecule has 0 aromatic heterocycles. The molecule has 0 atom stereocenters. The first kappa shape index (κ1) is 17.8. The molecular weight excluding hydrogens is 320 g/mol. The molecule has 2 fully saturated rings. The van der Waals surface area contributed by atoms with Gasteiger partial charge in [0.25, 0.3) is 5.69 Å².